The van der Waals surface area contributed by atoms with E-state index in [1.165, 1.54) is 30.5 Å². The first-order valence-corrected chi connectivity index (χ1v) is 10.1. The number of aromatic nitrogens is 2. The smallest absolute Gasteiger partial charge is 0.275 e. The van der Waals surface area contributed by atoms with Crippen molar-refractivity contribution in [2.24, 2.45) is 0 Å². The van der Waals surface area contributed by atoms with Crippen LogP contribution in [0.3, 0.4) is 0 Å². The summed E-state index contributed by atoms with van der Waals surface area (Å²) in [5.74, 6) is 0.0926. The first-order chi connectivity index (χ1) is 13.3. The predicted molar refractivity (Wildman–Crippen MR) is 102 cm³/mol. The van der Waals surface area contributed by atoms with E-state index in [-0.39, 0.29) is 11.4 Å². The average molecular weight is 364 g/mol. The first kappa shape index (κ1) is 15.8. The zero-order valence-corrected chi connectivity index (χ0v) is 15.4. The number of nitrogens with one attached hydrogen (secondary N) is 1. The van der Waals surface area contributed by atoms with Crippen LogP contribution in [-0.4, -0.2) is 70.3 Å². The van der Waals surface area contributed by atoms with Crippen molar-refractivity contribution in [3.63, 3.8) is 0 Å². The molecule has 0 bridgehead atoms. The quantitative estimate of drug-likeness (QED) is 0.889. The third-order valence-corrected chi connectivity index (χ3v) is 7.26. The van der Waals surface area contributed by atoms with Gasteiger partial charge in [0.25, 0.3) is 5.91 Å². The highest BCUT2D eigenvalue weighted by Crippen LogP contribution is 2.51. The first-order valence-electron chi connectivity index (χ1n) is 10.1. The third kappa shape index (κ3) is 2.14. The second kappa shape index (κ2) is 5.66. The maximum absolute atomic E-state index is 13.4. The Kier molecular flexibility index (Phi) is 3.32. The number of ether oxygens (including phenoxy) is 1. The van der Waals surface area contributed by atoms with Gasteiger partial charge in [-0.3, -0.25) is 14.8 Å². The van der Waals surface area contributed by atoms with Crippen molar-refractivity contribution in [1.29, 1.82) is 0 Å². The van der Waals surface area contributed by atoms with E-state index in [0.717, 1.165) is 43.4 Å². The van der Waals surface area contributed by atoms with Crippen LogP contribution in [0.15, 0.2) is 24.3 Å². The number of hydrogen-bond donors (Lipinski definition) is 1. The number of H-pyrrole nitrogens is 1. The Bertz CT molecular complexity index is 960. The standard InChI is InChI=1S/C21H24N4O2/c26-20(25-10-9-24-8-7-21(24)6-3-18(21)25)19-16-13-15(1-2-17(16)22-23-19)14-4-11-27-12-5-14/h1-2,4,13,18H,3,5-12H2,(H,22,23). The number of rotatable bonds is 2. The normalized spacial score (nSPS) is 30.1. The molecule has 1 aromatic heterocycles. The fraction of sp³-hybridized carbons (Fsp3) is 0.524. The number of carbonyl (C=O) groups excluding carboxylic acids is 1. The molecule has 3 aliphatic heterocycles. The van der Waals surface area contributed by atoms with Crippen LogP contribution < -0.4 is 0 Å². The molecule has 1 N–H and O–H groups in total. The van der Waals surface area contributed by atoms with Gasteiger partial charge < -0.3 is 9.64 Å². The molecular weight excluding hydrogens is 340 g/mol. The van der Waals surface area contributed by atoms with Crippen molar-refractivity contribution < 1.29 is 9.53 Å². The molecule has 2 atom stereocenters. The molecule has 2 saturated heterocycles. The van der Waals surface area contributed by atoms with Crippen molar-refractivity contribution in [2.45, 2.75) is 37.3 Å². The fourth-order valence-electron chi connectivity index (χ4n) is 5.53. The second-order valence-corrected chi connectivity index (χ2v) is 8.28. The molecule has 1 amide bonds. The number of fused-ring (bicyclic) bond motifs is 1. The van der Waals surface area contributed by atoms with Crippen LogP contribution in [0, 0.1) is 0 Å². The van der Waals surface area contributed by atoms with Gasteiger partial charge in [0.15, 0.2) is 5.69 Å². The SMILES string of the molecule is O=C(c1n[nH]c2ccc(C3=CCOCC3)cc12)N1CCN2CCC23CCC13. The highest BCUT2D eigenvalue weighted by Gasteiger charge is 2.61. The molecule has 4 aliphatic rings. The molecule has 1 saturated carbocycles. The Morgan fingerprint density at radius 1 is 1.26 bits per heavy atom. The highest BCUT2D eigenvalue weighted by molar-refractivity contribution is 6.05. The van der Waals surface area contributed by atoms with E-state index in [0.29, 0.717) is 18.3 Å². The van der Waals surface area contributed by atoms with Gasteiger partial charge in [-0.05, 0) is 49.0 Å². The van der Waals surface area contributed by atoms with Crippen molar-refractivity contribution in [3.05, 3.63) is 35.5 Å². The number of carbonyl (C=O) groups is 1. The third-order valence-electron chi connectivity index (χ3n) is 7.26. The van der Waals surface area contributed by atoms with E-state index in [9.17, 15) is 4.79 Å². The molecule has 3 fully saturated rings. The molecular formula is C21H24N4O2. The molecule has 0 radical (unpaired) electrons. The maximum atomic E-state index is 13.4. The van der Waals surface area contributed by atoms with E-state index in [1.54, 1.807) is 0 Å². The van der Waals surface area contributed by atoms with Crippen LogP contribution in [0.2, 0.25) is 0 Å². The Morgan fingerprint density at radius 2 is 2.22 bits per heavy atom. The molecule has 2 aromatic rings. The average Bonchev–Trinajstić information content (AvgIpc) is 3.08. The van der Waals surface area contributed by atoms with Gasteiger partial charge in [-0.1, -0.05) is 12.1 Å². The molecule has 1 aromatic carbocycles. The van der Waals surface area contributed by atoms with E-state index in [1.807, 2.05) is 6.07 Å². The predicted octanol–water partition coefficient (Wildman–Crippen LogP) is 2.43. The van der Waals surface area contributed by atoms with Crippen LogP contribution in [0.25, 0.3) is 16.5 Å². The molecule has 2 unspecified atom stereocenters. The summed E-state index contributed by atoms with van der Waals surface area (Å²) in [7, 11) is 0. The van der Waals surface area contributed by atoms with Gasteiger partial charge >= 0.3 is 0 Å². The molecule has 1 aliphatic carbocycles. The number of piperazine rings is 1. The van der Waals surface area contributed by atoms with Gasteiger partial charge in [0, 0.05) is 30.6 Å². The summed E-state index contributed by atoms with van der Waals surface area (Å²) in [5, 5.41) is 8.43. The Balaban J connectivity index is 1.35. The number of amides is 1. The van der Waals surface area contributed by atoms with Gasteiger partial charge in [-0.25, -0.2) is 0 Å². The maximum Gasteiger partial charge on any atom is 0.275 e. The van der Waals surface area contributed by atoms with Crippen LogP contribution in [0.4, 0.5) is 0 Å². The summed E-state index contributed by atoms with van der Waals surface area (Å²) in [6.45, 7) is 4.45. The summed E-state index contributed by atoms with van der Waals surface area (Å²) in [6, 6.07) is 6.65. The van der Waals surface area contributed by atoms with Crippen LogP contribution >= 0.6 is 0 Å². The van der Waals surface area contributed by atoms with Crippen LogP contribution in [0.1, 0.15) is 41.7 Å². The zero-order valence-electron chi connectivity index (χ0n) is 15.4. The van der Waals surface area contributed by atoms with Crippen LogP contribution in [0.5, 0.6) is 0 Å². The monoisotopic (exact) mass is 364 g/mol. The van der Waals surface area contributed by atoms with Gasteiger partial charge in [0.05, 0.1) is 24.8 Å². The summed E-state index contributed by atoms with van der Waals surface area (Å²) in [6.07, 6.45) is 6.66. The Labute approximate surface area is 158 Å². The minimum atomic E-state index is 0.0926. The lowest BCUT2D eigenvalue weighted by molar-refractivity contribution is -0.161. The van der Waals surface area contributed by atoms with E-state index < -0.39 is 0 Å². The summed E-state index contributed by atoms with van der Waals surface area (Å²) < 4.78 is 5.43. The lowest BCUT2D eigenvalue weighted by atomic mass is 9.61. The highest BCUT2D eigenvalue weighted by atomic mass is 16.5. The Morgan fingerprint density at radius 3 is 2.96 bits per heavy atom. The van der Waals surface area contributed by atoms with Crippen molar-refractivity contribution in [1.82, 2.24) is 20.0 Å². The molecule has 140 valence electrons. The Hall–Kier alpha value is -2.18. The number of benzene rings is 1. The largest absolute Gasteiger partial charge is 0.377 e. The molecule has 4 heterocycles. The number of aromatic amines is 1. The summed E-state index contributed by atoms with van der Waals surface area (Å²) in [4.78, 5) is 18.1. The van der Waals surface area contributed by atoms with Gasteiger partial charge in [-0.2, -0.15) is 5.10 Å². The molecule has 6 nitrogen and oxygen atoms in total. The lowest BCUT2D eigenvalue weighted by Gasteiger charge is -2.68. The van der Waals surface area contributed by atoms with E-state index in [2.05, 4.69) is 38.2 Å². The molecule has 6 heteroatoms. The van der Waals surface area contributed by atoms with Crippen molar-refractivity contribution >= 4 is 22.4 Å². The second-order valence-electron chi connectivity index (χ2n) is 8.28. The number of nitrogens with zero attached hydrogens (tertiary/aromatic N) is 3. The van der Waals surface area contributed by atoms with Crippen molar-refractivity contribution in [2.75, 3.05) is 32.8 Å². The minimum absolute atomic E-state index is 0.0926. The zero-order chi connectivity index (χ0) is 18.0. The summed E-state index contributed by atoms with van der Waals surface area (Å²) >= 11 is 0. The van der Waals surface area contributed by atoms with Gasteiger partial charge in [-0.15, -0.1) is 0 Å². The van der Waals surface area contributed by atoms with Gasteiger partial charge in [0.1, 0.15) is 0 Å². The molecule has 6 rings (SSSR count). The summed E-state index contributed by atoms with van der Waals surface area (Å²) in [5.41, 5.74) is 4.27. The minimum Gasteiger partial charge on any atom is -0.377 e. The topological polar surface area (TPSA) is 61.5 Å². The lowest BCUT2D eigenvalue weighted by Crippen LogP contribution is -2.79. The van der Waals surface area contributed by atoms with E-state index in [4.69, 9.17) is 4.74 Å². The number of hydrogen-bond acceptors (Lipinski definition) is 4. The molecule has 1 spiro atoms. The fourth-order valence-corrected chi connectivity index (χ4v) is 5.53. The molecule has 27 heavy (non-hydrogen) atoms. The van der Waals surface area contributed by atoms with Crippen LogP contribution in [-0.2, 0) is 4.74 Å². The van der Waals surface area contributed by atoms with Crippen molar-refractivity contribution in [3.8, 4) is 0 Å². The van der Waals surface area contributed by atoms with Gasteiger partial charge in [0.2, 0.25) is 0 Å². The van der Waals surface area contributed by atoms with E-state index >= 15 is 0 Å².